The zero-order valence-electron chi connectivity index (χ0n) is 11.9. The van der Waals surface area contributed by atoms with Crippen LogP contribution in [0.15, 0.2) is 24.8 Å². The fourth-order valence-corrected chi connectivity index (χ4v) is 2.10. The zero-order chi connectivity index (χ0) is 14.8. The smallest absolute Gasteiger partial charge is 0.254 e. The first kappa shape index (κ1) is 13.5. The number of fused-ring (bicyclic) bond motifs is 1. The Morgan fingerprint density at radius 1 is 1.38 bits per heavy atom. The number of aromatic nitrogens is 6. The normalized spacial score (nSPS) is 12.7. The van der Waals surface area contributed by atoms with Crippen molar-refractivity contribution in [3.8, 4) is 0 Å². The van der Waals surface area contributed by atoms with E-state index in [1.54, 1.807) is 21.6 Å². The van der Waals surface area contributed by atoms with Crippen molar-refractivity contribution < 1.29 is 5.11 Å². The average Bonchev–Trinajstić information content (AvgIpc) is 3.12. The van der Waals surface area contributed by atoms with Crippen molar-refractivity contribution in [1.82, 2.24) is 29.4 Å². The molecule has 3 rings (SSSR count). The van der Waals surface area contributed by atoms with Crippen molar-refractivity contribution in [2.24, 2.45) is 7.05 Å². The van der Waals surface area contributed by atoms with Gasteiger partial charge < -0.3 is 10.4 Å². The zero-order valence-corrected chi connectivity index (χ0v) is 11.9. The van der Waals surface area contributed by atoms with E-state index in [2.05, 4.69) is 25.5 Å². The minimum atomic E-state index is -0.643. The van der Waals surface area contributed by atoms with Gasteiger partial charge >= 0.3 is 0 Å². The molecule has 3 heterocycles. The molecule has 3 aromatic heterocycles. The fourth-order valence-electron chi connectivity index (χ4n) is 2.10. The van der Waals surface area contributed by atoms with Gasteiger partial charge in [-0.3, -0.25) is 4.68 Å². The average molecular weight is 287 g/mol. The van der Waals surface area contributed by atoms with Crippen LogP contribution in [-0.4, -0.2) is 41.0 Å². The van der Waals surface area contributed by atoms with Crippen LogP contribution in [0.2, 0.25) is 0 Å². The van der Waals surface area contributed by atoms with Gasteiger partial charge in [0.2, 0.25) is 0 Å². The summed E-state index contributed by atoms with van der Waals surface area (Å²) in [6, 6.07) is 1.91. The lowest BCUT2D eigenvalue weighted by Gasteiger charge is -2.12. The molecule has 1 unspecified atom stereocenters. The van der Waals surface area contributed by atoms with E-state index in [1.165, 1.54) is 6.33 Å². The molecule has 21 heavy (non-hydrogen) atoms. The monoisotopic (exact) mass is 287 g/mol. The Labute approximate surface area is 121 Å². The number of nitrogens with zero attached hydrogens (tertiary/aromatic N) is 6. The SMILES string of the molecule is CCc1cc(NCC(O)c2cnn(C)c2)n2ncnc2n1. The summed E-state index contributed by atoms with van der Waals surface area (Å²) in [5.74, 6) is 1.31. The maximum absolute atomic E-state index is 10.2. The lowest BCUT2D eigenvalue weighted by molar-refractivity contribution is 0.191. The molecule has 0 aromatic carbocycles. The van der Waals surface area contributed by atoms with Gasteiger partial charge in [0.1, 0.15) is 12.1 Å². The summed E-state index contributed by atoms with van der Waals surface area (Å²) in [5.41, 5.74) is 1.69. The van der Waals surface area contributed by atoms with E-state index in [0.717, 1.165) is 23.5 Å². The van der Waals surface area contributed by atoms with Crippen LogP contribution in [0.5, 0.6) is 0 Å². The summed E-state index contributed by atoms with van der Waals surface area (Å²) < 4.78 is 3.28. The van der Waals surface area contributed by atoms with Gasteiger partial charge in [-0.05, 0) is 6.42 Å². The number of rotatable bonds is 5. The molecule has 0 fully saturated rings. The molecule has 0 bridgehead atoms. The third-order valence-electron chi connectivity index (χ3n) is 3.25. The molecule has 0 saturated carbocycles. The molecule has 0 aliphatic rings. The molecular formula is C13H17N7O. The van der Waals surface area contributed by atoms with Crippen molar-refractivity contribution >= 4 is 11.6 Å². The van der Waals surface area contributed by atoms with Crippen LogP contribution in [-0.2, 0) is 13.5 Å². The van der Waals surface area contributed by atoms with Gasteiger partial charge in [-0.2, -0.15) is 19.7 Å². The second-order valence-corrected chi connectivity index (χ2v) is 4.80. The van der Waals surface area contributed by atoms with Crippen LogP contribution < -0.4 is 5.32 Å². The molecule has 3 aromatic rings. The van der Waals surface area contributed by atoms with Gasteiger partial charge in [0.25, 0.3) is 5.78 Å². The van der Waals surface area contributed by atoms with Gasteiger partial charge in [0.15, 0.2) is 0 Å². The molecule has 8 heteroatoms. The summed E-state index contributed by atoms with van der Waals surface area (Å²) in [6.07, 6.45) is 5.08. The Morgan fingerprint density at radius 3 is 2.95 bits per heavy atom. The second kappa shape index (κ2) is 5.49. The summed E-state index contributed by atoms with van der Waals surface area (Å²) in [4.78, 5) is 8.48. The quantitative estimate of drug-likeness (QED) is 0.712. The van der Waals surface area contributed by atoms with Gasteiger partial charge in [-0.15, -0.1) is 0 Å². The second-order valence-electron chi connectivity index (χ2n) is 4.80. The largest absolute Gasteiger partial charge is 0.386 e. The van der Waals surface area contributed by atoms with Crippen LogP contribution in [0.25, 0.3) is 5.78 Å². The number of hydrogen-bond acceptors (Lipinski definition) is 6. The molecular weight excluding hydrogens is 270 g/mol. The molecule has 8 nitrogen and oxygen atoms in total. The minimum Gasteiger partial charge on any atom is -0.386 e. The van der Waals surface area contributed by atoms with E-state index in [1.807, 2.05) is 20.0 Å². The highest BCUT2D eigenvalue weighted by Crippen LogP contribution is 2.15. The Bertz CT molecular complexity index is 748. The first-order valence-electron chi connectivity index (χ1n) is 6.77. The van der Waals surface area contributed by atoms with Gasteiger partial charge in [0.05, 0.1) is 12.3 Å². The molecule has 110 valence electrons. The van der Waals surface area contributed by atoms with E-state index in [-0.39, 0.29) is 0 Å². The Hall–Kier alpha value is -2.48. The van der Waals surface area contributed by atoms with Crippen LogP contribution in [0.3, 0.4) is 0 Å². The highest BCUT2D eigenvalue weighted by atomic mass is 16.3. The molecule has 0 spiro atoms. The first-order chi connectivity index (χ1) is 10.2. The maximum Gasteiger partial charge on any atom is 0.254 e. The molecule has 2 N–H and O–H groups in total. The predicted molar refractivity (Wildman–Crippen MR) is 76.8 cm³/mol. The lowest BCUT2D eigenvalue weighted by Crippen LogP contribution is -2.15. The van der Waals surface area contributed by atoms with Crippen LogP contribution >= 0.6 is 0 Å². The first-order valence-corrected chi connectivity index (χ1v) is 6.77. The minimum absolute atomic E-state index is 0.355. The number of aliphatic hydroxyl groups is 1. The number of aryl methyl sites for hydroxylation is 2. The standard InChI is InChI=1S/C13H17N7O/c1-3-10-4-12(20-13(18-10)15-8-17-20)14-6-11(21)9-5-16-19(2)7-9/h4-5,7-8,11,14,21H,3,6H2,1-2H3. The topological polar surface area (TPSA) is 93.2 Å². The highest BCUT2D eigenvalue weighted by molar-refractivity contribution is 5.45. The van der Waals surface area contributed by atoms with Gasteiger partial charge in [0, 0.05) is 37.1 Å². The number of anilines is 1. The summed E-state index contributed by atoms with van der Waals surface area (Å²) in [7, 11) is 1.82. The highest BCUT2D eigenvalue weighted by Gasteiger charge is 2.12. The molecule has 0 aliphatic carbocycles. The van der Waals surface area contributed by atoms with Crippen molar-refractivity contribution in [2.75, 3.05) is 11.9 Å². The Morgan fingerprint density at radius 2 is 2.24 bits per heavy atom. The third-order valence-corrected chi connectivity index (χ3v) is 3.25. The van der Waals surface area contributed by atoms with Crippen molar-refractivity contribution in [3.05, 3.63) is 36.0 Å². The van der Waals surface area contributed by atoms with Crippen molar-refractivity contribution in [2.45, 2.75) is 19.4 Å². The summed E-state index contributed by atoms with van der Waals surface area (Å²) in [6.45, 7) is 2.39. The van der Waals surface area contributed by atoms with E-state index in [9.17, 15) is 5.11 Å². The number of aliphatic hydroxyl groups excluding tert-OH is 1. The van der Waals surface area contributed by atoms with Crippen LogP contribution in [0, 0.1) is 0 Å². The van der Waals surface area contributed by atoms with Crippen molar-refractivity contribution in [3.63, 3.8) is 0 Å². The Balaban J connectivity index is 1.79. The molecule has 1 atom stereocenters. The number of nitrogens with one attached hydrogen (secondary N) is 1. The third kappa shape index (κ3) is 2.70. The van der Waals surface area contributed by atoms with Crippen LogP contribution in [0.4, 0.5) is 5.82 Å². The van der Waals surface area contributed by atoms with E-state index in [0.29, 0.717) is 12.3 Å². The molecule has 0 amide bonds. The van der Waals surface area contributed by atoms with Gasteiger partial charge in [-0.1, -0.05) is 6.92 Å². The number of hydrogen-bond donors (Lipinski definition) is 2. The Kier molecular flexibility index (Phi) is 3.53. The van der Waals surface area contributed by atoms with Gasteiger partial charge in [-0.25, -0.2) is 4.98 Å². The maximum atomic E-state index is 10.2. The van der Waals surface area contributed by atoms with E-state index in [4.69, 9.17) is 0 Å². The summed E-state index contributed by atoms with van der Waals surface area (Å²) in [5, 5.41) is 21.5. The van der Waals surface area contributed by atoms with Crippen molar-refractivity contribution in [1.29, 1.82) is 0 Å². The lowest BCUT2D eigenvalue weighted by atomic mass is 10.2. The van der Waals surface area contributed by atoms with E-state index >= 15 is 0 Å². The molecule has 0 aliphatic heterocycles. The predicted octanol–water partition coefficient (Wildman–Crippen LogP) is 0.566. The van der Waals surface area contributed by atoms with Crippen LogP contribution in [0.1, 0.15) is 24.3 Å². The molecule has 0 saturated heterocycles. The van der Waals surface area contributed by atoms with E-state index < -0.39 is 6.10 Å². The fraction of sp³-hybridized carbons (Fsp3) is 0.385. The summed E-state index contributed by atoms with van der Waals surface area (Å²) >= 11 is 0. The molecule has 0 radical (unpaired) electrons.